The molecule has 3 heteroatoms. The Balaban J connectivity index is 1.96. The van der Waals surface area contributed by atoms with E-state index in [2.05, 4.69) is 4.90 Å². The van der Waals surface area contributed by atoms with Gasteiger partial charge in [-0.15, -0.1) is 0 Å². The first kappa shape index (κ1) is 9.00. The lowest BCUT2D eigenvalue weighted by atomic mass is 9.99. The number of carbonyl (C=O) groups is 1. The quantitative estimate of drug-likeness (QED) is 0.599. The molecular weight excluding hydrogens is 166 g/mol. The molecular formula is C10H17NO2. The van der Waals surface area contributed by atoms with Crippen molar-refractivity contribution in [1.29, 1.82) is 0 Å². The van der Waals surface area contributed by atoms with Gasteiger partial charge in [0.15, 0.2) is 0 Å². The maximum Gasteiger partial charge on any atom is 0.310 e. The fourth-order valence-electron chi connectivity index (χ4n) is 2.61. The van der Waals surface area contributed by atoms with E-state index in [0.717, 1.165) is 13.0 Å². The van der Waals surface area contributed by atoms with Crippen molar-refractivity contribution in [1.82, 2.24) is 4.90 Å². The summed E-state index contributed by atoms with van der Waals surface area (Å²) in [6.45, 7) is 4.66. The Labute approximate surface area is 79.0 Å². The summed E-state index contributed by atoms with van der Waals surface area (Å²) in [6, 6.07) is 0.499. The van der Waals surface area contributed by atoms with Gasteiger partial charge in [0.2, 0.25) is 0 Å². The van der Waals surface area contributed by atoms with Gasteiger partial charge in [-0.1, -0.05) is 0 Å². The first-order valence-electron chi connectivity index (χ1n) is 5.23. The number of fused-ring (bicyclic) bond motifs is 1. The van der Waals surface area contributed by atoms with Gasteiger partial charge in [0, 0.05) is 6.04 Å². The van der Waals surface area contributed by atoms with Crippen LogP contribution in [0.2, 0.25) is 0 Å². The van der Waals surface area contributed by atoms with Gasteiger partial charge in [-0.2, -0.15) is 0 Å². The summed E-state index contributed by atoms with van der Waals surface area (Å²) >= 11 is 0. The number of carbonyl (C=O) groups excluding carboxylic acids is 1. The Morgan fingerprint density at radius 3 is 3.08 bits per heavy atom. The predicted molar refractivity (Wildman–Crippen MR) is 49.3 cm³/mol. The van der Waals surface area contributed by atoms with Crippen molar-refractivity contribution >= 4 is 5.97 Å². The second-order valence-electron chi connectivity index (χ2n) is 3.89. The fourth-order valence-corrected chi connectivity index (χ4v) is 2.61. The van der Waals surface area contributed by atoms with Crippen LogP contribution in [0.25, 0.3) is 0 Å². The van der Waals surface area contributed by atoms with Gasteiger partial charge < -0.3 is 4.74 Å². The number of esters is 1. The summed E-state index contributed by atoms with van der Waals surface area (Å²) in [5, 5.41) is 0. The number of hydrogen-bond acceptors (Lipinski definition) is 3. The zero-order valence-corrected chi connectivity index (χ0v) is 8.16. The first-order valence-corrected chi connectivity index (χ1v) is 5.23. The molecule has 2 saturated heterocycles. The molecule has 2 rings (SSSR count). The van der Waals surface area contributed by atoms with Gasteiger partial charge in [0.05, 0.1) is 12.5 Å². The molecule has 0 spiro atoms. The van der Waals surface area contributed by atoms with Crippen LogP contribution in [0.1, 0.15) is 26.2 Å². The number of nitrogens with zero attached hydrogens (tertiary/aromatic N) is 1. The summed E-state index contributed by atoms with van der Waals surface area (Å²) in [7, 11) is 0. The molecule has 0 aromatic rings. The molecule has 0 aromatic carbocycles. The second kappa shape index (κ2) is 3.66. The first-order chi connectivity index (χ1) is 6.33. The third-order valence-electron chi connectivity index (χ3n) is 3.20. The lowest BCUT2D eigenvalue weighted by molar-refractivity contribution is -0.148. The van der Waals surface area contributed by atoms with Gasteiger partial charge >= 0.3 is 5.97 Å². The van der Waals surface area contributed by atoms with E-state index in [1.807, 2.05) is 6.92 Å². The topological polar surface area (TPSA) is 29.5 Å². The van der Waals surface area contributed by atoms with E-state index < -0.39 is 0 Å². The molecule has 0 aromatic heterocycles. The minimum atomic E-state index is 0.0249. The van der Waals surface area contributed by atoms with Crippen LogP contribution in [0, 0.1) is 5.92 Å². The molecule has 0 radical (unpaired) electrons. The number of rotatable bonds is 2. The molecule has 0 aliphatic carbocycles. The number of hydrogen-bond donors (Lipinski definition) is 0. The van der Waals surface area contributed by atoms with Gasteiger partial charge in [0.25, 0.3) is 0 Å². The minimum Gasteiger partial charge on any atom is -0.466 e. The van der Waals surface area contributed by atoms with Crippen molar-refractivity contribution in [2.24, 2.45) is 5.92 Å². The Morgan fingerprint density at radius 1 is 1.46 bits per heavy atom. The van der Waals surface area contributed by atoms with Crippen LogP contribution in [-0.4, -0.2) is 36.6 Å². The fraction of sp³-hybridized carbons (Fsp3) is 0.900. The van der Waals surface area contributed by atoms with E-state index in [4.69, 9.17) is 4.74 Å². The molecule has 0 N–H and O–H groups in total. The average Bonchev–Trinajstić information content (AvgIpc) is 2.62. The van der Waals surface area contributed by atoms with Crippen molar-refractivity contribution in [3.63, 3.8) is 0 Å². The highest BCUT2D eigenvalue weighted by atomic mass is 16.5. The Kier molecular flexibility index (Phi) is 2.54. The van der Waals surface area contributed by atoms with Crippen molar-refractivity contribution in [3.8, 4) is 0 Å². The van der Waals surface area contributed by atoms with E-state index in [9.17, 15) is 4.79 Å². The number of ether oxygens (including phenoxy) is 1. The third-order valence-corrected chi connectivity index (χ3v) is 3.20. The maximum absolute atomic E-state index is 11.5. The molecule has 0 saturated carbocycles. The van der Waals surface area contributed by atoms with Crippen LogP contribution in [0.3, 0.4) is 0 Å². The highest BCUT2D eigenvalue weighted by molar-refractivity contribution is 5.73. The van der Waals surface area contributed by atoms with Gasteiger partial charge in [-0.3, -0.25) is 9.69 Å². The highest BCUT2D eigenvalue weighted by Gasteiger charge is 2.41. The summed E-state index contributed by atoms with van der Waals surface area (Å²) < 4.78 is 5.07. The molecule has 2 heterocycles. The molecule has 0 unspecified atom stereocenters. The normalized spacial score (nSPS) is 33.3. The van der Waals surface area contributed by atoms with Crippen LogP contribution in [0.5, 0.6) is 0 Å². The molecule has 0 bridgehead atoms. The lowest BCUT2D eigenvalue weighted by Crippen LogP contribution is -2.31. The van der Waals surface area contributed by atoms with E-state index in [-0.39, 0.29) is 11.9 Å². The SMILES string of the molecule is CCOC(=O)[C@H]1CCN2CCC[C@H]12. The van der Waals surface area contributed by atoms with Crippen LogP contribution in [-0.2, 0) is 9.53 Å². The Morgan fingerprint density at radius 2 is 2.31 bits per heavy atom. The van der Waals surface area contributed by atoms with Crippen molar-refractivity contribution < 1.29 is 9.53 Å². The van der Waals surface area contributed by atoms with Crippen molar-refractivity contribution in [3.05, 3.63) is 0 Å². The summed E-state index contributed by atoms with van der Waals surface area (Å²) in [5.74, 6) is 0.194. The van der Waals surface area contributed by atoms with Crippen molar-refractivity contribution in [2.45, 2.75) is 32.2 Å². The summed E-state index contributed by atoms with van der Waals surface area (Å²) in [6.07, 6.45) is 3.44. The average molecular weight is 183 g/mol. The van der Waals surface area contributed by atoms with Crippen LogP contribution >= 0.6 is 0 Å². The van der Waals surface area contributed by atoms with Crippen molar-refractivity contribution in [2.75, 3.05) is 19.7 Å². The second-order valence-corrected chi connectivity index (χ2v) is 3.89. The maximum atomic E-state index is 11.5. The van der Waals surface area contributed by atoms with Crippen LogP contribution in [0.4, 0.5) is 0 Å². The van der Waals surface area contributed by atoms with Gasteiger partial charge in [0.1, 0.15) is 0 Å². The van der Waals surface area contributed by atoms with Gasteiger partial charge in [-0.05, 0) is 39.3 Å². The van der Waals surface area contributed by atoms with E-state index in [1.165, 1.54) is 19.4 Å². The van der Waals surface area contributed by atoms with Crippen LogP contribution in [0.15, 0.2) is 0 Å². The monoisotopic (exact) mass is 183 g/mol. The van der Waals surface area contributed by atoms with E-state index >= 15 is 0 Å². The largest absolute Gasteiger partial charge is 0.466 e. The Bertz CT molecular complexity index is 205. The van der Waals surface area contributed by atoms with Gasteiger partial charge in [-0.25, -0.2) is 0 Å². The molecule has 74 valence electrons. The molecule has 2 aliphatic heterocycles. The zero-order valence-electron chi connectivity index (χ0n) is 8.16. The lowest BCUT2D eigenvalue weighted by Gasteiger charge is -2.18. The Hall–Kier alpha value is -0.570. The van der Waals surface area contributed by atoms with E-state index in [0.29, 0.717) is 12.6 Å². The highest BCUT2D eigenvalue weighted by Crippen LogP contribution is 2.33. The molecule has 0 amide bonds. The molecule has 2 aliphatic rings. The standard InChI is InChI=1S/C10H17NO2/c1-2-13-10(12)8-5-7-11-6-3-4-9(8)11/h8-9H,2-7H2,1H3/t8-,9+/m0/s1. The minimum absolute atomic E-state index is 0.0249. The predicted octanol–water partition coefficient (Wildman–Crippen LogP) is 1.03. The smallest absolute Gasteiger partial charge is 0.310 e. The molecule has 3 nitrogen and oxygen atoms in total. The zero-order chi connectivity index (χ0) is 9.26. The molecule has 13 heavy (non-hydrogen) atoms. The summed E-state index contributed by atoms with van der Waals surface area (Å²) in [5.41, 5.74) is 0. The molecule has 2 fully saturated rings. The van der Waals surface area contributed by atoms with E-state index in [1.54, 1.807) is 0 Å². The summed E-state index contributed by atoms with van der Waals surface area (Å²) in [4.78, 5) is 14.0. The third kappa shape index (κ3) is 1.57. The molecule has 2 atom stereocenters. The van der Waals surface area contributed by atoms with Crippen LogP contribution < -0.4 is 0 Å².